The number of carbonyl (C=O) groups excluding carboxylic acids is 1. The number of anilines is 1. The number of benzene rings is 2. The second kappa shape index (κ2) is 7.79. The third-order valence-corrected chi connectivity index (χ3v) is 5.57. The SMILES string of the molecule is COc1cc2cc(C)n(-c3ccc(N4CCNCC4)cc3C(C)=O)c2cc1OC. The number of hydrogen-bond acceptors (Lipinski definition) is 5. The van der Waals surface area contributed by atoms with Crippen LogP contribution >= 0.6 is 0 Å². The van der Waals surface area contributed by atoms with E-state index in [2.05, 4.69) is 33.0 Å². The Morgan fingerprint density at radius 3 is 2.34 bits per heavy atom. The minimum atomic E-state index is 0.0544. The number of nitrogens with zero attached hydrogens (tertiary/aromatic N) is 2. The van der Waals surface area contributed by atoms with Gasteiger partial charge in [0, 0.05) is 54.6 Å². The van der Waals surface area contributed by atoms with Crippen molar-refractivity contribution in [1.29, 1.82) is 0 Å². The third kappa shape index (κ3) is 3.44. The Hall–Kier alpha value is -2.99. The van der Waals surface area contributed by atoms with Gasteiger partial charge >= 0.3 is 0 Å². The van der Waals surface area contributed by atoms with Gasteiger partial charge < -0.3 is 24.3 Å². The largest absolute Gasteiger partial charge is 0.493 e. The molecule has 0 radical (unpaired) electrons. The molecular formula is C23H27N3O3. The van der Waals surface area contributed by atoms with Crippen LogP contribution in [0.4, 0.5) is 5.69 Å². The molecule has 0 unspecified atom stereocenters. The highest BCUT2D eigenvalue weighted by Gasteiger charge is 2.19. The van der Waals surface area contributed by atoms with Crippen LogP contribution in [0.3, 0.4) is 0 Å². The number of aryl methyl sites for hydroxylation is 1. The Kier molecular flexibility index (Phi) is 5.20. The molecule has 4 rings (SSSR count). The summed E-state index contributed by atoms with van der Waals surface area (Å²) in [6.45, 7) is 7.48. The molecule has 0 bridgehead atoms. The monoisotopic (exact) mass is 393 g/mol. The normalized spacial score (nSPS) is 14.3. The molecular weight excluding hydrogens is 366 g/mol. The van der Waals surface area contributed by atoms with E-state index >= 15 is 0 Å². The van der Waals surface area contributed by atoms with Crippen molar-refractivity contribution in [3.63, 3.8) is 0 Å². The van der Waals surface area contributed by atoms with Gasteiger partial charge in [-0.25, -0.2) is 0 Å². The molecule has 2 aromatic carbocycles. The van der Waals surface area contributed by atoms with Crippen molar-refractivity contribution in [3.05, 3.63) is 47.7 Å². The van der Waals surface area contributed by atoms with Crippen molar-refractivity contribution in [2.24, 2.45) is 0 Å². The highest BCUT2D eigenvalue weighted by atomic mass is 16.5. The summed E-state index contributed by atoms with van der Waals surface area (Å²) in [7, 11) is 3.27. The second-order valence-electron chi connectivity index (χ2n) is 7.38. The quantitative estimate of drug-likeness (QED) is 0.672. The topological polar surface area (TPSA) is 55.7 Å². The van der Waals surface area contributed by atoms with E-state index in [1.165, 1.54) is 0 Å². The lowest BCUT2D eigenvalue weighted by Gasteiger charge is -2.30. The van der Waals surface area contributed by atoms with E-state index in [9.17, 15) is 4.79 Å². The van der Waals surface area contributed by atoms with Crippen LogP contribution < -0.4 is 19.7 Å². The number of ketones is 1. The van der Waals surface area contributed by atoms with Gasteiger partial charge in [-0.15, -0.1) is 0 Å². The summed E-state index contributed by atoms with van der Waals surface area (Å²) in [4.78, 5) is 14.9. The number of Topliss-reactive ketones (excluding diaryl/α,β-unsaturated/α-hetero) is 1. The molecule has 1 aliphatic rings. The molecule has 0 aliphatic carbocycles. The first-order valence-corrected chi connectivity index (χ1v) is 9.88. The standard InChI is InChI=1S/C23H27N3O3/c1-15-11-17-12-22(28-3)23(29-4)14-21(17)26(15)20-6-5-18(13-19(20)16(2)27)25-9-7-24-8-10-25/h5-6,11-14,24H,7-10H2,1-4H3. The van der Waals surface area contributed by atoms with Gasteiger partial charge in [0.1, 0.15) is 0 Å². The highest BCUT2D eigenvalue weighted by Crippen LogP contribution is 2.36. The van der Waals surface area contributed by atoms with Crippen LogP contribution in [0.1, 0.15) is 23.0 Å². The maximum Gasteiger partial charge on any atom is 0.162 e. The Morgan fingerprint density at radius 2 is 1.69 bits per heavy atom. The lowest BCUT2D eigenvalue weighted by Crippen LogP contribution is -2.43. The second-order valence-corrected chi connectivity index (χ2v) is 7.38. The van der Waals surface area contributed by atoms with Gasteiger partial charge in [0.05, 0.1) is 25.4 Å². The number of carbonyl (C=O) groups is 1. The van der Waals surface area contributed by atoms with Gasteiger partial charge in [0.2, 0.25) is 0 Å². The molecule has 6 heteroatoms. The summed E-state index contributed by atoms with van der Waals surface area (Å²) >= 11 is 0. The summed E-state index contributed by atoms with van der Waals surface area (Å²) in [5, 5.41) is 4.41. The van der Waals surface area contributed by atoms with Crippen LogP contribution in [0.2, 0.25) is 0 Å². The molecule has 0 atom stereocenters. The van der Waals surface area contributed by atoms with Gasteiger partial charge in [-0.3, -0.25) is 4.79 Å². The highest BCUT2D eigenvalue weighted by molar-refractivity contribution is 6.00. The fourth-order valence-corrected chi connectivity index (χ4v) is 4.11. The van der Waals surface area contributed by atoms with Crippen LogP contribution in [0.25, 0.3) is 16.6 Å². The van der Waals surface area contributed by atoms with Gasteiger partial charge in [-0.1, -0.05) is 0 Å². The summed E-state index contributed by atoms with van der Waals surface area (Å²) < 4.78 is 13.1. The van der Waals surface area contributed by atoms with Crippen molar-refractivity contribution in [3.8, 4) is 17.2 Å². The molecule has 1 fully saturated rings. The molecule has 2 heterocycles. The van der Waals surface area contributed by atoms with E-state index in [0.717, 1.165) is 59.7 Å². The van der Waals surface area contributed by atoms with Crippen LogP contribution in [-0.2, 0) is 0 Å². The number of ether oxygens (including phenoxy) is 2. The first kappa shape index (κ1) is 19.3. The van der Waals surface area contributed by atoms with E-state index in [1.807, 2.05) is 25.1 Å². The lowest BCUT2D eigenvalue weighted by atomic mass is 10.1. The van der Waals surface area contributed by atoms with Crippen molar-refractivity contribution >= 4 is 22.4 Å². The zero-order valence-corrected chi connectivity index (χ0v) is 17.4. The molecule has 152 valence electrons. The molecule has 29 heavy (non-hydrogen) atoms. The molecule has 1 N–H and O–H groups in total. The van der Waals surface area contributed by atoms with Crippen LogP contribution in [0.5, 0.6) is 11.5 Å². The number of aromatic nitrogens is 1. The van der Waals surface area contributed by atoms with Crippen LogP contribution in [0.15, 0.2) is 36.4 Å². The van der Waals surface area contributed by atoms with Crippen molar-refractivity contribution in [1.82, 2.24) is 9.88 Å². The molecule has 0 spiro atoms. The van der Waals surface area contributed by atoms with E-state index in [0.29, 0.717) is 11.5 Å². The smallest absolute Gasteiger partial charge is 0.162 e. The molecule has 1 saturated heterocycles. The molecule has 3 aromatic rings. The Labute approximate surface area is 171 Å². The average molecular weight is 393 g/mol. The van der Waals surface area contributed by atoms with Crippen molar-refractivity contribution in [2.75, 3.05) is 45.3 Å². The minimum Gasteiger partial charge on any atom is -0.493 e. The summed E-state index contributed by atoms with van der Waals surface area (Å²) in [5.74, 6) is 1.41. The predicted molar refractivity (Wildman–Crippen MR) is 116 cm³/mol. The van der Waals surface area contributed by atoms with Gasteiger partial charge in [-0.05, 0) is 44.2 Å². The maximum atomic E-state index is 12.6. The maximum absolute atomic E-state index is 12.6. The fraction of sp³-hybridized carbons (Fsp3) is 0.348. The molecule has 0 saturated carbocycles. The van der Waals surface area contributed by atoms with Gasteiger partial charge in [-0.2, -0.15) is 0 Å². The van der Waals surface area contributed by atoms with Gasteiger partial charge in [0.25, 0.3) is 0 Å². The number of methoxy groups -OCH3 is 2. The average Bonchev–Trinajstić information content (AvgIpc) is 3.07. The van der Waals surface area contributed by atoms with E-state index in [-0.39, 0.29) is 5.78 Å². The molecule has 1 aliphatic heterocycles. The number of rotatable bonds is 5. The Bertz CT molecular complexity index is 1060. The predicted octanol–water partition coefficient (Wildman–Crippen LogP) is 3.57. The Morgan fingerprint density at radius 1 is 1.00 bits per heavy atom. The zero-order chi connectivity index (χ0) is 20.5. The molecule has 6 nitrogen and oxygen atoms in total. The van der Waals surface area contributed by atoms with Crippen LogP contribution in [-0.4, -0.2) is 50.7 Å². The minimum absolute atomic E-state index is 0.0544. The summed E-state index contributed by atoms with van der Waals surface area (Å²) in [6.07, 6.45) is 0. The fourth-order valence-electron chi connectivity index (χ4n) is 4.11. The van der Waals surface area contributed by atoms with Crippen molar-refractivity contribution < 1.29 is 14.3 Å². The number of piperazine rings is 1. The Balaban J connectivity index is 1.88. The first-order chi connectivity index (χ1) is 14.0. The number of hydrogen-bond donors (Lipinski definition) is 1. The number of nitrogens with one attached hydrogen (secondary N) is 1. The summed E-state index contributed by atoms with van der Waals surface area (Å²) in [6, 6.07) is 12.2. The van der Waals surface area contributed by atoms with Crippen molar-refractivity contribution in [2.45, 2.75) is 13.8 Å². The van der Waals surface area contributed by atoms with E-state index < -0.39 is 0 Å². The lowest BCUT2D eigenvalue weighted by molar-refractivity contribution is 0.101. The van der Waals surface area contributed by atoms with Gasteiger partial charge in [0.15, 0.2) is 17.3 Å². The zero-order valence-electron chi connectivity index (χ0n) is 17.4. The molecule has 1 aromatic heterocycles. The van der Waals surface area contributed by atoms with Crippen LogP contribution in [0, 0.1) is 6.92 Å². The third-order valence-electron chi connectivity index (χ3n) is 5.57. The number of fused-ring (bicyclic) bond motifs is 1. The van der Waals surface area contributed by atoms with E-state index in [1.54, 1.807) is 21.1 Å². The van der Waals surface area contributed by atoms with E-state index in [4.69, 9.17) is 9.47 Å². The first-order valence-electron chi connectivity index (χ1n) is 9.88. The summed E-state index contributed by atoms with van der Waals surface area (Å²) in [5.41, 5.74) is 4.73. The molecule has 0 amide bonds.